The summed E-state index contributed by atoms with van der Waals surface area (Å²) in [6.07, 6.45) is 4.12. The summed E-state index contributed by atoms with van der Waals surface area (Å²) in [4.78, 5) is 26.6. The van der Waals surface area contributed by atoms with Crippen LogP contribution in [-0.2, 0) is 16.0 Å². The van der Waals surface area contributed by atoms with Crippen LogP contribution >= 0.6 is 0 Å². The minimum atomic E-state index is 0.0669. The zero-order valence-electron chi connectivity index (χ0n) is 17.8. The van der Waals surface area contributed by atoms with Gasteiger partial charge in [-0.1, -0.05) is 48.5 Å². The Morgan fingerprint density at radius 1 is 1.00 bits per heavy atom. The predicted molar refractivity (Wildman–Crippen MR) is 118 cm³/mol. The number of aryl methyl sites for hydroxylation is 2. The Balaban J connectivity index is 1.29. The van der Waals surface area contributed by atoms with E-state index in [9.17, 15) is 9.59 Å². The van der Waals surface area contributed by atoms with Gasteiger partial charge < -0.3 is 15.0 Å². The summed E-state index contributed by atoms with van der Waals surface area (Å²) in [6, 6.07) is 18.2. The Morgan fingerprint density at radius 3 is 2.43 bits per heavy atom. The second kappa shape index (κ2) is 11.4. The van der Waals surface area contributed by atoms with Crippen molar-refractivity contribution >= 4 is 11.8 Å². The highest BCUT2D eigenvalue weighted by Gasteiger charge is 2.23. The smallest absolute Gasteiger partial charge is 0.222 e. The van der Waals surface area contributed by atoms with Gasteiger partial charge in [0.25, 0.3) is 0 Å². The fourth-order valence-corrected chi connectivity index (χ4v) is 3.76. The van der Waals surface area contributed by atoms with Gasteiger partial charge in [-0.25, -0.2) is 0 Å². The largest absolute Gasteiger partial charge is 0.493 e. The van der Waals surface area contributed by atoms with Crippen LogP contribution in [0.15, 0.2) is 54.6 Å². The van der Waals surface area contributed by atoms with Crippen molar-refractivity contribution in [2.75, 3.05) is 19.7 Å². The third-order valence-corrected chi connectivity index (χ3v) is 5.58. The minimum absolute atomic E-state index is 0.0669. The van der Waals surface area contributed by atoms with Crippen LogP contribution in [0.2, 0.25) is 0 Å². The number of hydrogen-bond acceptors (Lipinski definition) is 3. The van der Waals surface area contributed by atoms with Crippen LogP contribution in [0, 0.1) is 6.92 Å². The highest BCUT2D eigenvalue weighted by molar-refractivity contribution is 5.77. The lowest BCUT2D eigenvalue weighted by Crippen LogP contribution is -2.46. The molecule has 0 spiro atoms. The molecule has 5 heteroatoms. The third kappa shape index (κ3) is 6.90. The van der Waals surface area contributed by atoms with E-state index in [0.717, 1.165) is 43.7 Å². The number of nitrogens with one attached hydrogen (secondary N) is 1. The third-order valence-electron chi connectivity index (χ3n) is 5.58. The van der Waals surface area contributed by atoms with Gasteiger partial charge in [-0.3, -0.25) is 9.59 Å². The van der Waals surface area contributed by atoms with Crippen LogP contribution in [0.3, 0.4) is 0 Å². The Morgan fingerprint density at radius 2 is 1.70 bits per heavy atom. The fourth-order valence-electron chi connectivity index (χ4n) is 3.76. The molecule has 0 radical (unpaired) electrons. The summed E-state index contributed by atoms with van der Waals surface area (Å²) in [5, 5.41) is 3.11. The molecule has 0 saturated carbocycles. The Bertz CT molecular complexity index is 814. The summed E-state index contributed by atoms with van der Waals surface area (Å²) in [6.45, 7) is 3.98. The monoisotopic (exact) mass is 408 g/mol. The SMILES string of the molecule is Cc1ccccc1OCCCC(=O)NC1CCN(C(=O)CCc2ccccc2)CC1. The number of likely N-dealkylation sites (tertiary alicyclic amines) is 1. The number of piperidine rings is 1. The van der Waals surface area contributed by atoms with Gasteiger partial charge in [-0.2, -0.15) is 0 Å². The van der Waals surface area contributed by atoms with Crippen LogP contribution < -0.4 is 10.1 Å². The van der Waals surface area contributed by atoms with Gasteiger partial charge >= 0.3 is 0 Å². The Labute approximate surface area is 179 Å². The van der Waals surface area contributed by atoms with Crippen molar-refractivity contribution in [2.45, 2.75) is 51.5 Å². The first kappa shape index (κ1) is 21.9. The van der Waals surface area contributed by atoms with E-state index >= 15 is 0 Å². The molecule has 1 fully saturated rings. The second-order valence-electron chi connectivity index (χ2n) is 7.93. The van der Waals surface area contributed by atoms with Crippen LogP contribution in [0.5, 0.6) is 5.75 Å². The summed E-state index contributed by atoms with van der Waals surface area (Å²) in [5.41, 5.74) is 2.30. The van der Waals surface area contributed by atoms with E-state index in [1.165, 1.54) is 5.56 Å². The maximum atomic E-state index is 12.4. The molecule has 160 valence electrons. The lowest BCUT2D eigenvalue weighted by molar-refractivity contribution is -0.132. The van der Waals surface area contributed by atoms with Gasteiger partial charge in [0, 0.05) is 32.0 Å². The van der Waals surface area contributed by atoms with Crippen molar-refractivity contribution < 1.29 is 14.3 Å². The average molecular weight is 409 g/mol. The standard InChI is InChI=1S/C25H32N2O3/c1-20-8-5-6-11-23(20)30-19-7-12-24(28)26-22-15-17-27(18-16-22)25(29)14-13-21-9-3-2-4-10-21/h2-6,8-11,22H,7,12-19H2,1H3,(H,26,28). The molecule has 1 heterocycles. The number of hydrogen-bond donors (Lipinski definition) is 1. The molecule has 2 amide bonds. The molecule has 5 nitrogen and oxygen atoms in total. The van der Waals surface area contributed by atoms with Crippen molar-refractivity contribution in [2.24, 2.45) is 0 Å². The molecule has 1 saturated heterocycles. The topological polar surface area (TPSA) is 58.6 Å². The first-order valence-corrected chi connectivity index (χ1v) is 10.9. The molecule has 0 aliphatic carbocycles. The molecule has 1 N–H and O–H groups in total. The van der Waals surface area contributed by atoms with Crippen LogP contribution in [0.25, 0.3) is 0 Å². The first-order chi connectivity index (χ1) is 14.6. The summed E-state index contributed by atoms with van der Waals surface area (Å²) < 4.78 is 5.75. The molecule has 3 rings (SSSR count). The van der Waals surface area contributed by atoms with Crippen LogP contribution in [0.1, 0.15) is 43.2 Å². The lowest BCUT2D eigenvalue weighted by atomic mass is 10.0. The van der Waals surface area contributed by atoms with E-state index in [1.807, 2.05) is 54.3 Å². The van der Waals surface area contributed by atoms with E-state index in [-0.39, 0.29) is 17.9 Å². The van der Waals surface area contributed by atoms with E-state index in [0.29, 0.717) is 25.9 Å². The number of amides is 2. The van der Waals surface area contributed by atoms with Gasteiger partial charge in [0.05, 0.1) is 6.61 Å². The molecule has 0 unspecified atom stereocenters. The van der Waals surface area contributed by atoms with Crippen LogP contribution in [0.4, 0.5) is 0 Å². The zero-order chi connectivity index (χ0) is 21.2. The number of para-hydroxylation sites is 1. The summed E-state index contributed by atoms with van der Waals surface area (Å²) in [7, 11) is 0. The normalized spacial score (nSPS) is 14.4. The summed E-state index contributed by atoms with van der Waals surface area (Å²) >= 11 is 0. The number of carbonyl (C=O) groups is 2. The van der Waals surface area contributed by atoms with Gasteiger partial charge in [-0.05, 0) is 49.8 Å². The van der Waals surface area contributed by atoms with Crippen molar-refractivity contribution in [3.8, 4) is 5.75 Å². The first-order valence-electron chi connectivity index (χ1n) is 10.9. The molecule has 0 atom stereocenters. The highest BCUT2D eigenvalue weighted by Crippen LogP contribution is 2.17. The maximum absolute atomic E-state index is 12.4. The van der Waals surface area contributed by atoms with Crippen molar-refractivity contribution in [3.63, 3.8) is 0 Å². The minimum Gasteiger partial charge on any atom is -0.493 e. The predicted octanol–water partition coefficient (Wildman–Crippen LogP) is 3.89. The van der Waals surface area contributed by atoms with E-state index in [4.69, 9.17) is 4.74 Å². The molecule has 2 aromatic carbocycles. The molecule has 1 aliphatic rings. The van der Waals surface area contributed by atoms with E-state index in [1.54, 1.807) is 0 Å². The molecular weight excluding hydrogens is 376 g/mol. The van der Waals surface area contributed by atoms with E-state index < -0.39 is 0 Å². The molecule has 30 heavy (non-hydrogen) atoms. The highest BCUT2D eigenvalue weighted by atomic mass is 16.5. The number of rotatable bonds is 9. The number of ether oxygens (including phenoxy) is 1. The Hall–Kier alpha value is -2.82. The summed E-state index contributed by atoms with van der Waals surface area (Å²) in [5.74, 6) is 1.15. The van der Waals surface area contributed by atoms with E-state index in [2.05, 4.69) is 17.4 Å². The molecule has 1 aliphatic heterocycles. The molecule has 0 aromatic heterocycles. The lowest BCUT2D eigenvalue weighted by Gasteiger charge is -2.32. The van der Waals surface area contributed by atoms with Gasteiger partial charge in [0.1, 0.15) is 5.75 Å². The van der Waals surface area contributed by atoms with Gasteiger partial charge in [-0.15, -0.1) is 0 Å². The van der Waals surface area contributed by atoms with Crippen LogP contribution in [-0.4, -0.2) is 42.5 Å². The van der Waals surface area contributed by atoms with Crippen molar-refractivity contribution in [3.05, 3.63) is 65.7 Å². The quantitative estimate of drug-likeness (QED) is 0.641. The fraction of sp³-hybridized carbons (Fsp3) is 0.440. The number of nitrogens with zero attached hydrogens (tertiary/aromatic N) is 1. The Kier molecular flexibility index (Phi) is 8.30. The van der Waals surface area contributed by atoms with Crippen molar-refractivity contribution in [1.82, 2.24) is 10.2 Å². The molecular formula is C25H32N2O3. The molecule has 0 bridgehead atoms. The second-order valence-corrected chi connectivity index (χ2v) is 7.93. The maximum Gasteiger partial charge on any atom is 0.222 e. The average Bonchev–Trinajstić information content (AvgIpc) is 2.77. The zero-order valence-corrected chi connectivity index (χ0v) is 17.8. The number of carbonyl (C=O) groups excluding carboxylic acids is 2. The number of benzene rings is 2. The molecule has 2 aromatic rings. The van der Waals surface area contributed by atoms with Gasteiger partial charge in [0.15, 0.2) is 0 Å². The van der Waals surface area contributed by atoms with Gasteiger partial charge in [0.2, 0.25) is 11.8 Å². The van der Waals surface area contributed by atoms with Crippen molar-refractivity contribution in [1.29, 1.82) is 0 Å².